The summed E-state index contributed by atoms with van der Waals surface area (Å²) in [4.78, 5) is 12.3. The molecule has 0 heterocycles. The van der Waals surface area contributed by atoms with E-state index in [9.17, 15) is 4.79 Å². The molecule has 20 heavy (non-hydrogen) atoms. The molecule has 0 aliphatic heterocycles. The van der Waals surface area contributed by atoms with Crippen molar-refractivity contribution < 1.29 is 22.5 Å². The lowest BCUT2D eigenvalue weighted by molar-refractivity contribution is -0.265. The summed E-state index contributed by atoms with van der Waals surface area (Å²) >= 11 is 0. The second-order valence-corrected chi connectivity index (χ2v) is 21.1. The number of rotatable bonds is 7. The maximum Gasteiger partial charge on any atom is 0.381 e. The summed E-state index contributed by atoms with van der Waals surface area (Å²) in [6.45, 7) is 17.8. The third kappa shape index (κ3) is 7.86. The van der Waals surface area contributed by atoms with Gasteiger partial charge in [0.1, 0.15) is 0 Å². The Hall–Kier alpha value is 0.218. The van der Waals surface area contributed by atoms with E-state index in [1.807, 2.05) is 58.9 Å². The van der Waals surface area contributed by atoms with E-state index in [4.69, 9.17) is 17.7 Å². The monoisotopic (exact) mass is 351 g/mol. The van der Waals surface area contributed by atoms with Gasteiger partial charge in [0, 0.05) is 0 Å². The van der Waals surface area contributed by atoms with Crippen LogP contribution in [0.2, 0.25) is 58.9 Å². The second kappa shape index (κ2) is 6.54. The van der Waals surface area contributed by atoms with Crippen molar-refractivity contribution in [3.05, 3.63) is 0 Å². The average molecular weight is 352 g/mol. The molecule has 0 aliphatic carbocycles. The van der Waals surface area contributed by atoms with Gasteiger partial charge in [-0.3, -0.25) is 0 Å². The lowest BCUT2D eigenvalue weighted by Gasteiger charge is -2.42. The van der Waals surface area contributed by atoms with Crippen LogP contribution in [0.25, 0.3) is 0 Å². The molecule has 0 bridgehead atoms. The van der Waals surface area contributed by atoms with Crippen molar-refractivity contribution in [2.45, 2.75) is 64.9 Å². The number of carbonyl (C=O) groups is 1. The highest BCUT2D eigenvalue weighted by atomic mass is 28.4. The first-order valence-corrected chi connectivity index (χ1v) is 17.2. The van der Waals surface area contributed by atoms with Crippen molar-refractivity contribution in [3.8, 4) is 0 Å². The highest BCUT2D eigenvalue weighted by Gasteiger charge is 2.52. The highest BCUT2D eigenvalue weighted by Crippen LogP contribution is 2.30. The van der Waals surface area contributed by atoms with Crippen molar-refractivity contribution in [3.63, 3.8) is 0 Å². The maximum atomic E-state index is 12.3. The fraction of sp³-hybridized carbons (Fsp3) is 0.909. The number of hydrogen-bond donors (Lipinski definition) is 0. The van der Waals surface area contributed by atoms with E-state index in [0.29, 0.717) is 0 Å². The van der Waals surface area contributed by atoms with E-state index in [1.165, 1.54) is 0 Å². The smallest absolute Gasteiger partial charge is 0.381 e. The predicted octanol–water partition coefficient (Wildman–Crippen LogP) is 2.82. The lowest BCUT2D eigenvalue weighted by atomic mass is 10.6. The molecule has 117 valence electrons. The Labute approximate surface area is 129 Å². The first-order chi connectivity index (χ1) is 8.60. The van der Waals surface area contributed by atoms with Crippen molar-refractivity contribution in [2.24, 2.45) is 0 Å². The second-order valence-electron chi connectivity index (χ2n) is 7.59. The third-order valence-corrected chi connectivity index (χ3v) is 4.49. The minimum atomic E-state index is -2.10. The van der Waals surface area contributed by atoms with Crippen LogP contribution in [0.5, 0.6) is 0 Å². The van der Waals surface area contributed by atoms with Gasteiger partial charge in [0.2, 0.25) is 0 Å². The standard InChI is InChI=1S/C11H27O5Si4/c1-18(2,3)14-11(10(12)13-17,15-19(4,5)6)16-20(7,8)9/h1-9H3. The zero-order chi connectivity index (χ0) is 16.4. The van der Waals surface area contributed by atoms with Gasteiger partial charge in [0.15, 0.2) is 25.0 Å². The SMILES string of the molecule is C[Si](C)(C)OC(O[Si](C)(C)C)(O[Si](C)(C)C)C(=O)O[Si]. The Kier molecular flexibility index (Phi) is 6.62. The third-order valence-electron chi connectivity index (χ3n) is 1.66. The van der Waals surface area contributed by atoms with Gasteiger partial charge in [-0.2, -0.15) is 0 Å². The summed E-state index contributed by atoms with van der Waals surface area (Å²) in [6.07, 6.45) is 0. The highest BCUT2D eigenvalue weighted by molar-refractivity contribution is 6.72. The summed E-state index contributed by atoms with van der Waals surface area (Å²) in [5, 5.41) is 0. The van der Waals surface area contributed by atoms with Gasteiger partial charge in [-0.1, -0.05) is 0 Å². The zero-order valence-electron chi connectivity index (χ0n) is 14.0. The van der Waals surface area contributed by atoms with Crippen LogP contribution in [0.4, 0.5) is 0 Å². The molecule has 3 radical (unpaired) electrons. The van der Waals surface area contributed by atoms with Crippen LogP contribution in [0.15, 0.2) is 0 Å². The zero-order valence-corrected chi connectivity index (χ0v) is 18.0. The fourth-order valence-corrected chi connectivity index (χ4v) is 4.75. The molecule has 0 amide bonds. The molecule has 0 spiro atoms. The Bertz CT molecular complexity index is 299. The van der Waals surface area contributed by atoms with Crippen LogP contribution < -0.4 is 0 Å². The molecule has 5 nitrogen and oxygen atoms in total. The summed E-state index contributed by atoms with van der Waals surface area (Å²) in [5.41, 5.74) is 0. The van der Waals surface area contributed by atoms with Crippen LogP contribution in [-0.2, 0) is 22.5 Å². The summed E-state index contributed by atoms with van der Waals surface area (Å²) < 4.78 is 22.7. The van der Waals surface area contributed by atoms with Crippen LogP contribution in [-0.4, -0.2) is 47.4 Å². The summed E-state index contributed by atoms with van der Waals surface area (Å²) in [7, 11) is -3.52. The fourth-order valence-electron chi connectivity index (χ4n) is 1.46. The minimum Gasteiger partial charge on any atom is -0.510 e. The lowest BCUT2D eigenvalue weighted by Crippen LogP contribution is -2.60. The minimum absolute atomic E-state index is 0.693. The molecule has 0 saturated heterocycles. The quantitative estimate of drug-likeness (QED) is 0.521. The molecule has 0 N–H and O–H groups in total. The molecule has 9 heteroatoms. The van der Waals surface area contributed by atoms with Crippen molar-refractivity contribution >= 4 is 41.4 Å². The van der Waals surface area contributed by atoms with Gasteiger partial charge < -0.3 is 17.7 Å². The van der Waals surface area contributed by atoms with Crippen LogP contribution in [0, 0.1) is 0 Å². The van der Waals surface area contributed by atoms with Gasteiger partial charge >= 0.3 is 22.4 Å². The van der Waals surface area contributed by atoms with Crippen LogP contribution in [0.3, 0.4) is 0 Å². The predicted molar refractivity (Wildman–Crippen MR) is 87.9 cm³/mol. The molecule has 0 aliphatic rings. The van der Waals surface area contributed by atoms with E-state index >= 15 is 0 Å². The van der Waals surface area contributed by atoms with E-state index in [0.717, 1.165) is 0 Å². The Balaban J connectivity index is 5.70. The Morgan fingerprint density at radius 2 is 1.00 bits per heavy atom. The maximum absolute atomic E-state index is 12.3. The largest absolute Gasteiger partial charge is 0.510 e. The van der Waals surface area contributed by atoms with Crippen molar-refractivity contribution in [2.75, 3.05) is 0 Å². The Morgan fingerprint density at radius 3 is 1.15 bits per heavy atom. The number of carbonyl (C=O) groups excluding carboxylic acids is 1. The van der Waals surface area contributed by atoms with E-state index in [1.54, 1.807) is 0 Å². The van der Waals surface area contributed by atoms with Gasteiger partial charge in [0.05, 0.1) is 0 Å². The molecular formula is C11H27O5Si4. The average Bonchev–Trinajstić information content (AvgIpc) is 2.07. The molecule has 0 atom stereocenters. The molecule has 0 rings (SSSR count). The molecule has 0 saturated carbocycles. The molecule has 0 aromatic rings. The van der Waals surface area contributed by atoms with E-state index < -0.39 is 36.9 Å². The molecule has 0 unspecified atom stereocenters. The van der Waals surface area contributed by atoms with Gasteiger partial charge in [0.25, 0.3) is 0 Å². The van der Waals surface area contributed by atoms with Gasteiger partial charge in [-0.25, -0.2) is 4.79 Å². The number of hydrogen-bond acceptors (Lipinski definition) is 5. The van der Waals surface area contributed by atoms with E-state index in [2.05, 4.69) is 10.5 Å². The summed E-state index contributed by atoms with van der Waals surface area (Å²) in [6, 6.07) is 0. The normalized spacial score (nSPS) is 14.3. The topological polar surface area (TPSA) is 54.0 Å². The first kappa shape index (κ1) is 20.2. The molecule has 0 aromatic heterocycles. The molecular weight excluding hydrogens is 324 g/mol. The molecule has 0 aromatic carbocycles. The van der Waals surface area contributed by atoms with Gasteiger partial charge in [-0.15, -0.1) is 0 Å². The Morgan fingerprint density at radius 1 is 0.750 bits per heavy atom. The molecule has 0 fully saturated rings. The first-order valence-electron chi connectivity index (χ1n) is 6.59. The van der Waals surface area contributed by atoms with Gasteiger partial charge in [-0.05, 0) is 58.9 Å². The van der Waals surface area contributed by atoms with Crippen molar-refractivity contribution in [1.29, 1.82) is 0 Å². The van der Waals surface area contributed by atoms with Crippen LogP contribution >= 0.6 is 0 Å². The van der Waals surface area contributed by atoms with Crippen molar-refractivity contribution in [1.82, 2.24) is 0 Å². The van der Waals surface area contributed by atoms with E-state index in [-0.39, 0.29) is 0 Å². The summed E-state index contributed by atoms with van der Waals surface area (Å²) in [5.74, 6) is -2.46. The van der Waals surface area contributed by atoms with Crippen LogP contribution in [0.1, 0.15) is 0 Å².